The number of fused-ring (bicyclic) bond motifs is 1. The van der Waals surface area contributed by atoms with Crippen LogP contribution in [0.4, 0.5) is 0 Å². The summed E-state index contributed by atoms with van der Waals surface area (Å²) in [5.41, 5.74) is 2.29. The number of benzene rings is 2. The van der Waals surface area contributed by atoms with Crippen molar-refractivity contribution in [1.29, 1.82) is 0 Å². The molecule has 3 aromatic rings. The quantitative estimate of drug-likeness (QED) is 0.629. The van der Waals surface area contributed by atoms with Gasteiger partial charge in [-0.25, -0.2) is 4.98 Å². The molecule has 0 saturated heterocycles. The highest BCUT2D eigenvalue weighted by Gasteiger charge is 2.10. The molecule has 0 saturated carbocycles. The first-order valence-corrected chi connectivity index (χ1v) is 7.58. The first kappa shape index (κ1) is 13.4. The molecule has 5 heteroatoms. The van der Waals surface area contributed by atoms with Gasteiger partial charge in [0.1, 0.15) is 5.52 Å². The van der Waals surface area contributed by atoms with Crippen LogP contribution in [0.15, 0.2) is 61.5 Å². The van der Waals surface area contributed by atoms with Crippen LogP contribution in [-0.4, -0.2) is 10.8 Å². The predicted octanol–water partition coefficient (Wildman–Crippen LogP) is 4.94. The average molecular weight is 348 g/mol. The predicted molar refractivity (Wildman–Crippen MR) is 82.3 cm³/mol. The van der Waals surface area contributed by atoms with Crippen LogP contribution < -0.4 is 0 Å². The van der Waals surface area contributed by atoms with Gasteiger partial charge in [0, 0.05) is 14.9 Å². The summed E-state index contributed by atoms with van der Waals surface area (Å²) in [5, 5.41) is 0.586. The molecule has 0 atom stereocenters. The second-order valence-electron chi connectivity index (χ2n) is 4.25. The molecule has 0 aliphatic heterocycles. The van der Waals surface area contributed by atoms with E-state index < -0.39 is 0 Å². The van der Waals surface area contributed by atoms with Crippen molar-refractivity contribution in [2.45, 2.75) is 17.0 Å². The van der Waals surface area contributed by atoms with Crippen molar-refractivity contribution < 1.29 is 9.21 Å². The Morgan fingerprint density at radius 2 is 2.05 bits per heavy atom. The van der Waals surface area contributed by atoms with Gasteiger partial charge in [0.2, 0.25) is 0 Å². The number of hydrogen-bond acceptors (Lipinski definition) is 4. The lowest BCUT2D eigenvalue weighted by molar-refractivity contribution is 0.101. The van der Waals surface area contributed by atoms with Crippen molar-refractivity contribution in [3.05, 3.63) is 52.5 Å². The number of rotatable bonds is 3. The third kappa shape index (κ3) is 2.64. The van der Waals surface area contributed by atoms with Gasteiger partial charge in [-0.3, -0.25) is 4.79 Å². The van der Waals surface area contributed by atoms with Gasteiger partial charge in [0.05, 0.1) is 0 Å². The van der Waals surface area contributed by atoms with E-state index in [1.807, 2.05) is 36.4 Å². The molecule has 2 aromatic carbocycles. The molecule has 0 aliphatic rings. The van der Waals surface area contributed by atoms with Crippen molar-refractivity contribution in [3.63, 3.8) is 0 Å². The number of carbonyl (C=O) groups excluding carboxylic acids is 1. The summed E-state index contributed by atoms with van der Waals surface area (Å²) in [6.45, 7) is 1.55. The van der Waals surface area contributed by atoms with Gasteiger partial charge in [0.15, 0.2) is 11.4 Å². The summed E-state index contributed by atoms with van der Waals surface area (Å²) in [7, 11) is 0. The van der Waals surface area contributed by atoms with E-state index in [1.54, 1.807) is 13.0 Å². The SMILES string of the molecule is CC(=O)c1ccc(Sc2nc3ccccc3o2)c(Br)c1. The highest BCUT2D eigenvalue weighted by Crippen LogP contribution is 2.35. The molecule has 3 nitrogen and oxygen atoms in total. The molecule has 20 heavy (non-hydrogen) atoms. The second-order valence-corrected chi connectivity index (χ2v) is 6.10. The fraction of sp³-hybridized carbons (Fsp3) is 0.0667. The maximum Gasteiger partial charge on any atom is 0.261 e. The smallest absolute Gasteiger partial charge is 0.261 e. The van der Waals surface area contributed by atoms with E-state index in [2.05, 4.69) is 20.9 Å². The molecule has 1 heterocycles. The van der Waals surface area contributed by atoms with Crippen LogP contribution in [-0.2, 0) is 0 Å². The van der Waals surface area contributed by atoms with Crippen molar-refractivity contribution in [2.75, 3.05) is 0 Å². The number of para-hydroxylation sites is 2. The Balaban J connectivity index is 1.92. The van der Waals surface area contributed by atoms with Crippen LogP contribution in [0.1, 0.15) is 17.3 Å². The number of halogens is 1. The Morgan fingerprint density at radius 3 is 2.75 bits per heavy atom. The molecule has 100 valence electrons. The van der Waals surface area contributed by atoms with Gasteiger partial charge in [-0.2, -0.15) is 0 Å². The molecule has 0 N–H and O–H groups in total. The Labute approximate surface area is 128 Å². The van der Waals surface area contributed by atoms with Gasteiger partial charge in [-0.05, 0) is 58.9 Å². The maximum absolute atomic E-state index is 11.3. The third-order valence-electron chi connectivity index (χ3n) is 2.81. The number of nitrogens with zero attached hydrogens (tertiary/aromatic N) is 1. The molecule has 0 aliphatic carbocycles. The number of hydrogen-bond donors (Lipinski definition) is 0. The Kier molecular flexibility index (Phi) is 3.63. The first-order valence-electron chi connectivity index (χ1n) is 5.97. The molecule has 0 unspecified atom stereocenters. The molecular weight excluding hydrogens is 338 g/mol. The molecule has 0 bridgehead atoms. The van der Waals surface area contributed by atoms with Gasteiger partial charge in [-0.1, -0.05) is 18.2 Å². The topological polar surface area (TPSA) is 43.1 Å². The van der Waals surface area contributed by atoms with Crippen molar-refractivity contribution in [2.24, 2.45) is 0 Å². The van der Waals surface area contributed by atoms with Gasteiger partial charge in [0.25, 0.3) is 5.22 Å². The fourth-order valence-corrected chi connectivity index (χ4v) is 3.17. The molecule has 0 amide bonds. The number of Topliss-reactive ketones (excluding diaryl/α,β-unsaturated/α-hetero) is 1. The van der Waals surface area contributed by atoms with Crippen LogP contribution in [0.5, 0.6) is 0 Å². The highest BCUT2D eigenvalue weighted by molar-refractivity contribution is 9.10. The average Bonchev–Trinajstić information content (AvgIpc) is 2.83. The summed E-state index contributed by atoms with van der Waals surface area (Å²) in [6, 6.07) is 13.2. The lowest BCUT2D eigenvalue weighted by atomic mass is 10.2. The molecule has 3 rings (SSSR count). The molecule has 0 radical (unpaired) electrons. The number of oxazole rings is 1. The second kappa shape index (κ2) is 5.42. The minimum absolute atomic E-state index is 0.0455. The van der Waals surface area contributed by atoms with E-state index in [0.717, 1.165) is 20.5 Å². The number of ketones is 1. The number of aromatic nitrogens is 1. The summed E-state index contributed by atoms with van der Waals surface area (Å²) in [5.74, 6) is 0.0455. The van der Waals surface area contributed by atoms with E-state index in [1.165, 1.54) is 11.8 Å². The van der Waals surface area contributed by atoms with E-state index >= 15 is 0 Å². The minimum atomic E-state index is 0.0455. The van der Waals surface area contributed by atoms with Crippen LogP contribution >= 0.6 is 27.7 Å². The van der Waals surface area contributed by atoms with E-state index in [9.17, 15) is 4.79 Å². The molecule has 0 spiro atoms. The first-order chi connectivity index (χ1) is 9.63. The summed E-state index contributed by atoms with van der Waals surface area (Å²) in [4.78, 5) is 16.7. The van der Waals surface area contributed by atoms with Crippen LogP contribution in [0.25, 0.3) is 11.1 Å². The van der Waals surface area contributed by atoms with E-state index in [-0.39, 0.29) is 5.78 Å². The standard InChI is InChI=1S/C15H10BrNO2S/c1-9(18)10-6-7-14(11(16)8-10)20-15-17-12-4-2-3-5-13(12)19-15/h2-8H,1H3. The van der Waals surface area contributed by atoms with Crippen LogP contribution in [0.2, 0.25) is 0 Å². The molecular formula is C15H10BrNO2S. The van der Waals surface area contributed by atoms with Gasteiger partial charge < -0.3 is 4.42 Å². The summed E-state index contributed by atoms with van der Waals surface area (Å²) >= 11 is 4.90. The van der Waals surface area contributed by atoms with Crippen LogP contribution in [0.3, 0.4) is 0 Å². The van der Waals surface area contributed by atoms with Crippen molar-refractivity contribution in [3.8, 4) is 0 Å². The van der Waals surface area contributed by atoms with Crippen LogP contribution in [0, 0.1) is 0 Å². The zero-order chi connectivity index (χ0) is 14.1. The number of carbonyl (C=O) groups is 1. The van der Waals surface area contributed by atoms with Gasteiger partial charge >= 0.3 is 0 Å². The Morgan fingerprint density at radius 1 is 1.25 bits per heavy atom. The third-order valence-corrected chi connectivity index (χ3v) is 4.65. The minimum Gasteiger partial charge on any atom is -0.431 e. The monoisotopic (exact) mass is 347 g/mol. The van der Waals surface area contributed by atoms with E-state index in [0.29, 0.717) is 10.8 Å². The summed E-state index contributed by atoms with van der Waals surface area (Å²) in [6.07, 6.45) is 0. The zero-order valence-corrected chi connectivity index (χ0v) is 13.0. The Hall–Kier alpha value is -1.59. The zero-order valence-electron chi connectivity index (χ0n) is 10.6. The molecule has 0 fully saturated rings. The van der Waals surface area contributed by atoms with Crippen molar-refractivity contribution >= 4 is 44.6 Å². The molecule has 1 aromatic heterocycles. The normalized spacial score (nSPS) is 10.9. The lowest BCUT2D eigenvalue weighted by Crippen LogP contribution is -1.91. The lowest BCUT2D eigenvalue weighted by Gasteiger charge is -2.02. The Bertz CT molecular complexity index is 764. The highest BCUT2D eigenvalue weighted by atomic mass is 79.9. The van der Waals surface area contributed by atoms with Crippen molar-refractivity contribution in [1.82, 2.24) is 4.98 Å². The summed E-state index contributed by atoms with van der Waals surface area (Å²) < 4.78 is 6.53. The maximum atomic E-state index is 11.3. The largest absolute Gasteiger partial charge is 0.431 e. The fourth-order valence-electron chi connectivity index (χ4n) is 1.79. The van der Waals surface area contributed by atoms with Gasteiger partial charge in [-0.15, -0.1) is 0 Å². The van der Waals surface area contributed by atoms with E-state index in [4.69, 9.17) is 4.42 Å².